The molecule has 2 heterocycles. The van der Waals surface area contributed by atoms with Crippen LogP contribution in [0.4, 0.5) is 0 Å². The number of nitrogens with zero attached hydrogens (tertiary/aromatic N) is 1. The van der Waals surface area contributed by atoms with Crippen molar-refractivity contribution in [3.63, 3.8) is 0 Å². The van der Waals surface area contributed by atoms with Crippen molar-refractivity contribution in [3.8, 4) is 0 Å². The molecule has 3 nitrogen and oxygen atoms in total. The second kappa shape index (κ2) is 5.83. The predicted molar refractivity (Wildman–Crippen MR) is 77.6 cm³/mol. The van der Waals surface area contributed by atoms with Gasteiger partial charge in [-0.05, 0) is 30.4 Å². The van der Waals surface area contributed by atoms with Gasteiger partial charge in [0, 0.05) is 24.6 Å². The molecule has 0 radical (unpaired) electrons. The highest BCUT2D eigenvalue weighted by Gasteiger charge is 2.42. The summed E-state index contributed by atoms with van der Waals surface area (Å²) in [5.41, 5.74) is 1.50. The van der Waals surface area contributed by atoms with E-state index in [-0.39, 0.29) is 5.54 Å². The minimum Gasteiger partial charge on any atom is -0.379 e. The third-order valence-electron chi connectivity index (χ3n) is 4.16. The summed E-state index contributed by atoms with van der Waals surface area (Å²) in [4.78, 5) is 3.88. The highest BCUT2D eigenvalue weighted by molar-refractivity contribution is 7.98. The SMILES string of the molecule is CSc1ccc(CN2CCOC[C@@]23CCOC3)cc1. The summed E-state index contributed by atoms with van der Waals surface area (Å²) >= 11 is 1.79. The Hall–Kier alpha value is -0.550. The van der Waals surface area contributed by atoms with E-state index in [0.717, 1.165) is 45.9 Å². The van der Waals surface area contributed by atoms with E-state index in [1.807, 2.05) is 0 Å². The second-order valence-electron chi connectivity index (χ2n) is 5.35. The lowest BCUT2D eigenvalue weighted by Gasteiger charge is -2.43. The number of thioether (sulfide) groups is 1. The van der Waals surface area contributed by atoms with Gasteiger partial charge in [-0.3, -0.25) is 4.90 Å². The van der Waals surface area contributed by atoms with Gasteiger partial charge >= 0.3 is 0 Å². The summed E-state index contributed by atoms with van der Waals surface area (Å²) in [6, 6.07) is 8.89. The average Bonchev–Trinajstić information content (AvgIpc) is 2.92. The van der Waals surface area contributed by atoms with Gasteiger partial charge in [0.2, 0.25) is 0 Å². The first-order chi connectivity index (χ1) is 9.32. The van der Waals surface area contributed by atoms with E-state index >= 15 is 0 Å². The normalized spacial score (nSPS) is 28.1. The van der Waals surface area contributed by atoms with E-state index in [4.69, 9.17) is 9.47 Å². The first kappa shape index (κ1) is 13.4. The van der Waals surface area contributed by atoms with Gasteiger partial charge in [-0.1, -0.05) is 12.1 Å². The molecule has 1 atom stereocenters. The third kappa shape index (κ3) is 2.82. The van der Waals surface area contributed by atoms with Crippen molar-refractivity contribution >= 4 is 11.8 Å². The van der Waals surface area contributed by atoms with Crippen molar-refractivity contribution in [1.82, 2.24) is 4.90 Å². The summed E-state index contributed by atoms with van der Waals surface area (Å²) in [6.45, 7) is 5.34. The molecule has 0 amide bonds. The van der Waals surface area contributed by atoms with Gasteiger partial charge in [0.05, 0.1) is 25.4 Å². The molecule has 0 N–H and O–H groups in total. The number of ether oxygens (including phenoxy) is 2. The molecule has 2 saturated heterocycles. The van der Waals surface area contributed by atoms with Crippen LogP contribution >= 0.6 is 11.8 Å². The third-order valence-corrected chi connectivity index (χ3v) is 4.91. The van der Waals surface area contributed by atoms with Crippen LogP contribution in [-0.2, 0) is 16.0 Å². The molecule has 1 aromatic rings. The maximum Gasteiger partial charge on any atom is 0.0704 e. The van der Waals surface area contributed by atoms with Crippen LogP contribution in [0, 0.1) is 0 Å². The van der Waals surface area contributed by atoms with Crippen LogP contribution in [0.5, 0.6) is 0 Å². The number of rotatable bonds is 3. The highest BCUT2D eigenvalue weighted by atomic mass is 32.2. The fourth-order valence-electron chi connectivity index (χ4n) is 2.92. The summed E-state index contributed by atoms with van der Waals surface area (Å²) < 4.78 is 11.3. The zero-order valence-corrected chi connectivity index (χ0v) is 12.2. The Morgan fingerprint density at radius 2 is 1.89 bits per heavy atom. The lowest BCUT2D eigenvalue weighted by molar-refractivity contribution is -0.0749. The van der Waals surface area contributed by atoms with Gasteiger partial charge in [-0.15, -0.1) is 11.8 Å². The molecule has 104 valence electrons. The van der Waals surface area contributed by atoms with E-state index in [1.165, 1.54) is 10.5 Å². The zero-order valence-electron chi connectivity index (χ0n) is 11.4. The van der Waals surface area contributed by atoms with E-state index in [1.54, 1.807) is 11.8 Å². The molecule has 2 aliphatic rings. The summed E-state index contributed by atoms with van der Waals surface area (Å²) in [7, 11) is 0. The minimum absolute atomic E-state index is 0.121. The Balaban J connectivity index is 1.72. The Morgan fingerprint density at radius 1 is 1.16 bits per heavy atom. The fraction of sp³-hybridized carbons (Fsp3) is 0.600. The Bertz CT molecular complexity index is 415. The number of morpholine rings is 1. The molecule has 0 aromatic heterocycles. The van der Waals surface area contributed by atoms with E-state index in [2.05, 4.69) is 35.4 Å². The Morgan fingerprint density at radius 3 is 2.58 bits per heavy atom. The maximum absolute atomic E-state index is 5.69. The molecule has 19 heavy (non-hydrogen) atoms. The molecule has 0 saturated carbocycles. The van der Waals surface area contributed by atoms with E-state index in [9.17, 15) is 0 Å². The van der Waals surface area contributed by atoms with Crippen LogP contribution < -0.4 is 0 Å². The van der Waals surface area contributed by atoms with Crippen molar-refractivity contribution in [1.29, 1.82) is 0 Å². The summed E-state index contributed by atoms with van der Waals surface area (Å²) in [5, 5.41) is 0. The average molecular weight is 279 g/mol. The predicted octanol–water partition coefficient (Wildman–Crippen LogP) is 2.40. The van der Waals surface area contributed by atoms with Crippen LogP contribution in [0.15, 0.2) is 29.2 Å². The van der Waals surface area contributed by atoms with Crippen molar-refractivity contribution in [2.45, 2.75) is 23.4 Å². The van der Waals surface area contributed by atoms with Gasteiger partial charge in [0.25, 0.3) is 0 Å². The zero-order chi connectivity index (χ0) is 13.1. The first-order valence-corrected chi connectivity index (χ1v) is 8.08. The summed E-state index contributed by atoms with van der Waals surface area (Å²) in [6.07, 6.45) is 3.21. The van der Waals surface area contributed by atoms with Crippen molar-refractivity contribution in [3.05, 3.63) is 29.8 Å². The van der Waals surface area contributed by atoms with Crippen LogP contribution in [0.2, 0.25) is 0 Å². The molecule has 2 aliphatic heterocycles. The van der Waals surface area contributed by atoms with Crippen molar-refractivity contribution in [2.75, 3.05) is 39.2 Å². The van der Waals surface area contributed by atoms with Crippen LogP contribution in [0.25, 0.3) is 0 Å². The van der Waals surface area contributed by atoms with Gasteiger partial charge in [-0.2, -0.15) is 0 Å². The Labute approximate surface area is 119 Å². The van der Waals surface area contributed by atoms with Crippen LogP contribution in [-0.4, -0.2) is 49.7 Å². The van der Waals surface area contributed by atoms with Gasteiger partial charge in [0.15, 0.2) is 0 Å². The second-order valence-corrected chi connectivity index (χ2v) is 6.23. The quantitative estimate of drug-likeness (QED) is 0.792. The number of hydrogen-bond acceptors (Lipinski definition) is 4. The van der Waals surface area contributed by atoms with Crippen LogP contribution in [0.1, 0.15) is 12.0 Å². The highest BCUT2D eigenvalue weighted by Crippen LogP contribution is 2.30. The molecule has 1 aromatic carbocycles. The lowest BCUT2D eigenvalue weighted by Crippen LogP contribution is -2.56. The lowest BCUT2D eigenvalue weighted by atomic mass is 9.95. The van der Waals surface area contributed by atoms with E-state index in [0.29, 0.717) is 0 Å². The fourth-order valence-corrected chi connectivity index (χ4v) is 3.33. The van der Waals surface area contributed by atoms with Crippen LogP contribution in [0.3, 0.4) is 0 Å². The first-order valence-electron chi connectivity index (χ1n) is 6.86. The molecule has 0 aliphatic carbocycles. The number of benzene rings is 1. The molecule has 4 heteroatoms. The van der Waals surface area contributed by atoms with Crippen molar-refractivity contribution in [2.24, 2.45) is 0 Å². The topological polar surface area (TPSA) is 21.7 Å². The van der Waals surface area contributed by atoms with Gasteiger partial charge < -0.3 is 9.47 Å². The largest absolute Gasteiger partial charge is 0.379 e. The van der Waals surface area contributed by atoms with E-state index < -0.39 is 0 Å². The van der Waals surface area contributed by atoms with Crippen molar-refractivity contribution < 1.29 is 9.47 Å². The molecule has 0 bridgehead atoms. The Kier molecular flexibility index (Phi) is 4.12. The molecule has 1 spiro atoms. The molecule has 0 unspecified atom stereocenters. The minimum atomic E-state index is 0.121. The smallest absolute Gasteiger partial charge is 0.0704 e. The molecule has 2 fully saturated rings. The summed E-state index contributed by atoms with van der Waals surface area (Å²) in [5.74, 6) is 0. The molecular formula is C15H21NO2S. The van der Waals surface area contributed by atoms with Gasteiger partial charge in [0.1, 0.15) is 0 Å². The van der Waals surface area contributed by atoms with Gasteiger partial charge in [-0.25, -0.2) is 0 Å². The standard InChI is InChI=1S/C15H21NO2S/c1-19-14-4-2-13(3-5-14)10-16-7-9-18-12-15(16)6-8-17-11-15/h2-5H,6-12H2,1H3/t15-/m0/s1. The molecular weight excluding hydrogens is 258 g/mol. The number of hydrogen-bond donors (Lipinski definition) is 0. The monoisotopic (exact) mass is 279 g/mol. The molecule has 3 rings (SSSR count). The maximum atomic E-state index is 5.69.